The molecule has 0 bridgehead atoms. The third-order valence-corrected chi connectivity index (χ3v) is 4.25. The van der Waals surface area contributed by atoms with E-state index in [2.05, 4.69) is 32.4 Å². The van der Waals surface area contributed by atoms with Gasteiger partial charge in [0.15, 0.2) is 0 Å². The van der Waals surface area contributed by atoms with E-state index in [0.29, 0.717) is 6.04 Å². The lowest BCUT2D eigenvalue weighted by Crippen LogP contribution is -2.27. The standard InChI is InChI=1S/C14H17N3OS/c1-10-11(9-18)7-15-14(16-10)17(12-4-5-12)8-13-3-2-6-19-13/h2-3,6-7,12,18H,4-5,8-9H2,1H3. The van der Waals surface area contributed by atoms with E-state index in [0.717, 1.165) is 23.8 Å². The van der Waals surface area contributed by atoms with E-state index in [-0.39, 0.29) is 6.61 Å². The molecule has 0 amide bonds. The Morgan fingerprint density at radius 1 is 1.47 bits per heavy atom. The molecule has 5 heteroatoms. The lowest BCUT2D eigenvalue weighted by molar-refractivity contribution is 0.280. The van der Waals surface area contributed by atoms with Gasteiger partial charge in [-0.2, -0.15) is 0 Å². The van der Waals surface area contributed by atoms with E-state index in [4.69, 9.17) is 0 Å². The van der Waals surface area contributed by atoms with E-state index < -0.39 is 0 Å². The summed E-state index contributed by atoms with van der Waals surface area (Å²) in [6.07, 6.45) is 4.17. The van der Waals surface area contributed by atoms with Gasteiger partial charge >= 0.3 is 0 Å². The lowest BCUT2D eigenvalue weighted by atomic mass is 10.2. The quantitative estimate of drug-likeness (QED) is 0.911. The molecule has 100 valence electrons. The fourth-order valence-electron chi connectivity index (χ4n) is 2.09. The molecular weight excluding hydrogens is 258 g/mol. The number of aliphatic hydroxyl groups excluding tert-OH is 1. The highest BCUT2D eigenvalue weighted by Crippen LogP contribution is 2.32. The number of aryl methyl sites for hydroxylation is 1. The van der Waals surface area contributed by atoms with Crippen LogP contribution in [0.5, 0.6) is 0 Å². The van der Waals surface area contributed by atoms with Crippen molar-refractivity contribution in [1.82, 2.24) is 9.97 Å². The Kier molecular flexibility index (Phi) is 3.48. The first-order valence-corrected chi connectivity index (χ1v) is 7.38. The molecule has 4 nitrogen and oxygen atoms in total. The second kappa shape index (κ2) is 5.27. The van der Waals surface area contributed by atoms with Crippen LogP contribution >= 0.6 is 11.3 Å². The van der Waals surface area contributed by atoms with Gasteiger partial charge in [0, 0.05) is 28.4 Å². The molecule has 1 aliphatic rings. The summed E-state index contributed by atoms with van der Waals surface area (Å²) in [5, 5.41) is 11.3. The largest absolute Gasteiger partial charge is 0.392 e. The Hall–Kier alpha value is -1.46. The summed E-state index contributed by atoms with van der Waals surface area (Å²) in [5.74, 6) is 0.783. The highest BCUT2D eigenvalue weighted by molar-refractivity contribution is 7.09. The molecule has 1 aliphatic carbocycles. The van der Waals surface area contributed by atoms with Gasteiger partial charge < -0.3 is 10.0 Å². The first-order chi connectivity index (χ1) is 9.28. The third kappa shape index (κ3) is 2.77. The average Bonchev–Trinajstić information content (AvgIpc) is 3.13. The van der Waals surface area contributed by atoms with Crippen molar-refractivity contribution in [3.63, 3.8) is 0 Å². The van der Waals surface area contributed by atoms with Crippen LogP contribution in [0.1, 0.15) is 29.0 Å². The molecule has 2 aromatic heterocycles. The second-order valence-electron chi connectivity index (χ2n) is 4.88. The van der Waals surface area contributed by atoms with Crippen LogP contribution in [-0.4, -0.2) is 21.1 Å². The zero-order chi connectivity index (χ0) is 13.2. The van der Waals surface area contributed by atoms with E-state index in [1.165, 1.54) is 17.7 Å². The minimum Gasteiger partial charge on any atom is -0.392 e. The molecule has 2 aromatic rings. The summed E-state index contributed by atoms with van der Waals surface area (Å²) in [4.78, 5) is 12.6. The predicted molar refractivity (Wildman–Crippen MR) is 76.2 cm³/mol. The van der Waals surface area contributed by atoms with Crippen LogP contribution in [0.4, 0.5) is 5.95 Å². The van der Waals surface area contributed by atoms with Gasteiger partial charge in [-0.15, -0.1) is 11.3 Å². The van der Waals surface area contributed by atoms with Gasteiger partial charge in [-0.1, -0.05) is 6.07 Å². The number of aliphatic hydroxyl groups is 1. The van der Waals surface area contributed by atoms with Gasteiger partial charge in [0.1, 0.15) is 0 Å². The molecule has 1 saturated carbocycles. The molecule has 1 fully saturated rings. The summed E-state index contributed by atoms with van der Waals surface area (Å²) < 4.78 is 0. The average molecular weight is 275 g/mol. The lowest BCUT2D eigenvalue weighted by Gasteiger charge is -2.22. The van der Waals surface area contributed by atoms with Crippen molar-refractivity contribution in [3.8, 4) is 0 Å². The SMILES string of the molecule is Cc1nc(N(Cc2cccs2)C2CC2)ncc1CO. The number of hydrogen-bond acceptors (Lipinski definition) is 5. The molecule has 0 spiro atoms. The van der Waals surface area contributed by atoms with Gasteiger partial charge in [0.2, 0.25) is 5.95 Å². The van der Waals surface area contributed by atoms with Crippen LogP contribution in [-0.2, 0) is 13.2 Å². The van der Waals surface area contributed by atoms with Gasteiger partial charge in [-0.05, 0) is 31.2 Å². The fraction of sp³-hybridized carbons (Fsp3) is 0.429. The number of aromatic nitrogens is 2. The molecule has 1 N–H and O–H groups in total. The Balaban J connectivity index is 1.85. The minimum absolute atomic E-state index is 0.000463. The van der Waals surface area contributed by atoms with E-state index in [1.807, 2.05) is 6.92 Å². The number of anilines is 1. The molecule has 0 saturated heterocycles. The maximum atomic E-state index is 9.18. The second-order valence-corrected chi connectivity index (χ2v) is 5.91. The molecule has 19 heavy (non-hydrogen) atoms. The summed E-state index contributed by atoms with van der Waals surface area (Å²) in [5.41, 5.74) is 1.67. The summed E-state index contributed by atoms with van der Waals surface area (Å²) in [7, 11) is 0. The molecule has 3 rings (SSSR count). The fourth-order valence-corrected chi connectivity index (χ4v) is 2.80. The highest BCUT2D eigenvalue weighted by Gasteiger charge is 2.31. The molecule has 0 aromatic carbocycles. The number of hydrogen-bond donors (Lipinski definition) is 1. The molecule has 0 atom stereocenters. The maximum absolute atomic E-state index is 9.18. The number of thiophene rings is 1. The van der Waals surface area contributed by atoms with E-state index in [9.17, 15) is 5.11 Å². The smallest absolute Gasteiger partial charge is 0.226 e. The summed E-state index contributed by atoms with van der Waals surface area (Å²) >= 11 is 1.77. The van der Waals surface area contributed by atoms with Crippen molar-refractivity contribution in [1.29, 1.82) is 0 Å². The van der Waals surface area contributed by atoms with Crippen molar-refractivity contribution >= 4 is 17.3 Å². The van der Waals surface area contributed by atoms with Crippen LogP contribution in [0.3, 0.4) is 0 Å². The van der Waals surface area contributed by atoms with Crippen LogP contribution in [0, 0.1) is 6.92 Å². The normalized spacial score (nSPS) is 14.6. The summed E-state index contributed by atoms with van der Waals surface area (Å²) in [6.45, 7) is 2.80. The summed E-state index contributed by atoms with van der Waals surface area (Å²) in [6, 6.07) is 4.79. The highest BCUT2D eigenvalue weighted by atomic mass is 32.1. The van der Waals surface area contributed by atoms with Gasteiger partial charge in [-0.3, -0.25) is 0 Å². The Morgan fingerprint density at radius 2 is 2.32 bits per heavy atom. The number of nitrogens with zero attached hydrogens (tertiary/aromatic N) is 3. The van der Waals surface area contributed by atoms with Crippen LogP contribution < -0.4 is 4.90 Å². The molecule has 0 aliphatic heterocycles. The zero-order valence-corrected chi connectivity index (χ0v) is 11.7. The first kappa shape index (κ1) is 12.6. The minimum atomic E-state index is 0.000463. The molecule has 0 unspecified atom stereocenters. The topological polar surface area (TPSA) is 49.2 Å². The zero-order valence-electron chi connectivity index (χ0n) is 10.9. The van der Waals surface area contributed by atoms with Crippen molar-refractivity contribution in [2.75, 3.05) is 4.90 Å². The maximum Gasteiger partial charge on any atom is 0.226 e. The Bertz CT molecular complexity index is 552. The van der Waals surface area contributed by atoms with Crippen molar-refractivity contribution in [2.45, 2.75) is 39.0 Å². The van der Waals surface area contributed by atoms with Crippen LogP contribution in [0.25, 0.3) is 0 Å². The monoisotopic (exact) mass is 275 g/mol. The van der Waals surface area contributed by atoms with E-state index >= 15 is 0 Å². The van der Waals surface area contributed by atoms with Crippen LogP contribution in [0.2, 0.25) is 0 Å². The van der Waals surface area contributed by atoms with Crippen molar-refractivity contribution < 1.29 is 5.11 Å². The third-order valence-electron chi connectivity index (χ3n) is 3.39. The Labute approximate surface area is 116 Å². The molecule has 2 heterocycles. The molecular formula is C14H17N3OS. The Morgan fingerprint density at radius 3 is 2.89 bits per heavy atom. The van der Waals surface area contributed by atoms with Crippen molar-refractivity contribution in [2.24, 2.45) is 0 Å². The van der Waals surface area contributed by atoms with Gasteiger partial charge in [-0.25, -0.2) is 9.97 Å². The first-order valence-electron chi connectivity index (χ1n) is 6.50. The predicted octanol–water partition coefficient (Wildman–Crippen LogP) is 2.51. The molecule has 0 radical (unpaired) electrons. The number of rotatable bonds is 5. The van der Waals surface area contributed by atoms with Crippen molar-refractivity contribution in [3.05, 3.63) is 39.8 Å². The van der Waals surface area contributed by atoms with Crippen LogP contribution in [0.15, 0.2) is 23.7 Å². The van der Waals surface area contributed by atoms with Gasteiger partial charge in [0.05, 0.1) is 13.2 Å². The van der Waals surface area contributed by atoms with E-state index in [1.54, 1.807) is 17.5 Å². The van der Waals surface area contributed by atoms with Gasteiger partial charge in [0.25, 0.3) is 0 Å².